The van der Waals surface area contributed by atoms with Crippen LogP contribution in [0, 0.1) is 0 Å². The first-order valence-electron chi connectivity index (χ1n) is 4.20. The topological polar surface area (TPSA) is 26.3 Å². The first-order chi connectivity index (χ1) is 5.39. The maximum absolute atomic E-state index is 10.8. The minimum absolute atomic E-state index is 0.0587. The SMILES string of the molecule is O=C1CCCCCC=CCO1. The summed E-state index contributed by atoms with van der Waals surface area (Å²) >= 11 is 0. The van der Waals surface area contributed by atoms with Gasteiger partial charge in [-0.25, -0.2) is 0 Å². The van der Waals surface area contributed by atoms with Crippen LogP contribution in [-0.4, -0.2) is 12.6 Å². The molecule has 1 aliphatic rings. The molecule has 0 atom stereocenters. The molecule has 2 nitrogen and oxygen atoms in total. The van der Waals surface area contributed by atoms with Gasteiger partial charge in [-0.05, 0) is 19.3 Å². The smallest absolute Gasteiger partial charge is 0.306 e. The number of rotatable bonds is 0. The molecule has 0 bridgehead atoms. The van der Waals surface area contributed by atoms with E-state index in [2.05, 4.69) is 6.08 Å². The third-order valence-corrected chi connectivity index (χ3v) is 1.76. The van der Waals surface area contributed by atoms with Crippen molar-refractivity contribution in [3.05, 3.63) is 12.2 Å². The molecule has 0 aliphatic carbocycles. The van der Waals surface area contributed by atoms with Gasteiger partial charge in [-0.15, -0.1) is 0 Å². The average molecular weight is 154 g/mol. The van der Waals surface area contributed by atoms with Gasteiger partial charge in [0.15, 0.2) is 0 Å². The molecule has 62 valence electrons. The molecular formula is C9H14O2. The summed E-state index contributed by atoms with van der Waals surface area (Å²) in [6.07, 6.45) is 9.03. The molecule has 0 amide bonds. The molecule has 0 fully saturated rings. The highest BCUT2D eigenvalue weighted by atomic mass is 16.5. The summed E-state index contributed by atoms with van der Waals surface area (Å²) in [6, 6.07) is 0. The van der Waals surface area contributed by atoms with Crippen molar-refractivity contribution < 1.29 is 9.53 Å². The number of carbonyl (C=O) groups excluding carboxylic acids is 1. The van der Waals surface area contributed by atoms with Gasteiger partial charge in [0.25, 0.3) is 0 Å². The number of carbonyl (C=O) groups is 1. The Labute approximate surface area is 67.2 Å². The van der Waals surface area contributed by atoms with E-state index < -0.39 is 0 Å². The van der Waals surface area contributed by atoms with E-state index in [1.807, 2.05) is 6.08 Å². The van der Waals surface area contributed by atoms with Crippen molar-refractivity contribution in [1.82, 2.24) is 0 Å². The molecule has 0 unspecified atom stereocenters. The second kappa shape index (κ2) is 4.94. The molecule has 0 saturated heterocycles. The standard InChI is InChI=1S/C9H14O2/c10-9-7-5-3-1-2-4-6-8-11-9/h4,6H,1-3,5,7-8H2. The lowest BCUT2D eigenvalue weighted by Crippen LogP contribution is -2.04. The normalized spacial score (nSPS) is 20.9. The van der Waals surface area contributed by atoms with Crippen LogP contribution >= 0.6 is 0 Å². The zero-order chi connectivity index (χ0) is 7.94. The molecule has 1 heterocycles. The fourth-order valence-corrected chi connectivity index (χ4v) is 1.11. The van der Waals surface area contributed by atoms with Crippen molar-refractivity contribution in [2.45, 2.75) is 32.1 Å². The number of hydrogen-bond donors (Lipinski definition) is 0. The molecule has 0 spiro atoms. The average Bonchev–Trinajstić information content (AvgIpc) is 2.03. The molecule has 0 aromatic rings. The Morgan fingerprint density at radius 1 is 1.18 bits per heavy atom. The molecule has 0 radical (unpaired) electrons. The quantitative estimate of drug-likeness (QED) is 0.394. The lowest BCUT2D eigenvalue weighted by atomic mass is 10.1. The highest BCUT2D eigenvalue weighted by Gasteiger charge is 2.01. The van der Waals surface area contributed by atoms with Crippen LogP contribution in [0.25, 0.3) is 0 Å². The Bertz CT molecular complexity index is 150. The van der Waals surface area contributed by atoms with Crippen LogP contribution in [0.5, 0.6) is 0 Å². The molecular weight excluding hydrogens is 140 g/mol. The fraction of sp³-hybridized carbons (Fsp3) is 0.667. The molecule has 1 rings (SSSR count). The van der Waals surface area contributed by atoms with Crippen molar-refractivity contribution >= 4 is 5.97 Å². The third-order valence-electron chi connectivity index (χ3n) is 1.76. The predicted molar refractivity (Wildman–Crippen MR) is 43.2 cm³/mol. The van der Waals surface area contributed by atoms with Gasteiger partial charge in [0.2, 0.25) is 0 Å². The van der Waals surface area contributed by atoms with Crippen LogP contribution in [0.15, 0.2) is 12.2 Å². The van der Waals surface area contributed by atoms with Gasteiger partial charge >= 0.3 is 5.97 Å². The van der Waals surface area contributed by atoms with E-state index in [1.165, 1.54) is 6.42 Å². The summed E-state index contributed by atoms with van der Waals surface area (Å²) in [4.78, 5) is 10.8. The minimum Gasteiger partial charge on any atom is -0.461 e. The van der Waals surface area contributed by atoms with Gasteiger partial charge in [0.1, 0.15) is 6.61 Å². The lowest BCUT2D eigenvalue weighted by Gasteiger charge is -2.03. The summed E-state index contributed by atoms with van der Waals surface area (Å²) < 4.78 is 4.89. The zero-order valence-corrected chi connectivity index (χ0v) is 6.71. The van der Waals surface area contributed by atoms with E-state index in [0.717, 1.165) is 19.3 Å². The minimum atomic E-state index is -0.0587. The number of cyclic esters (lactones) is 1. The molecule has 0 saturated carbocycles. The van der Waals surface area contributed by atoms with Crippen molar-refractivity contribution in [2.24, 2.45) is 0 Å². The lowest BCUT2D eigenvalue weighted by molar-refractivity contribution is -0.142. The van der Waals surface area contributed by atoms with E-state index in [4.69, 9.17) is 4.74 Å². The number of hydrogen-bond acceptors (Lipinski definition) is 2. The summed E-state index contributed by atoms with van der Waals surface area (Å²) in [6.45, 7) is 0.457. The van der Waals surface area contributed by atoms with Crippen LogP contribution in [0.2, 0.25) is 0 Å². The largest absolute Gasteiger partial charge is 0.461 e. The van der Waals surface area contributed by atoms with Crippen LogP contribution in [-0.2, 0) is 9.53 Å². The summed E-state index contributed by atoms with van der Waals surface area (Å²) in [5, 5.41) is 0. The molecule has 2 heteroatoms. The van der Waals surface area contributed by atoms with Crippen LogP contribution < -0.4 is 0 Å². The molecule has 0 aromatic heterocycles. The first kappa shape index (κ1) is 8.31. The van der Waals surface area contributed by atoms with Gasteiger partial charge in [-0.1, -0.05) is 18.6 Å². The summed E-state index contributed by atoms with van der Waals surface area (Å²) in [7, 11) is 0. The van der Waals surface area contributed by atoms with Crippen molar-refractivity contribution in [3.8, 4) is 0 Å². The number of esters is 1. The van der Waals surface area contributed by atoms with E-state index in [0.29, 0.717) is 13.0 Å². The van der Waals surface area contributed by atoms with Crippen molar-refractivity contribution in [1.29, 1.82) is 0 Å². The fourth-order valence-electron chi connectivity index (χ4n) is 1.11. The first-order valence-corrected chi connectivity index (χ1v) is 4.20. The zero-order valence-electron chi connectivity index (χ0n) is 6.71. The van der Waals surface area contributed by atoms with Crippen LogP contribution in [0.4, 0.5) is 0 Å². The van der Waals surface area contributed by atoms with Gasteiger partial charge in [-0.2, -0.15) is 0 Å². The molecule has 0 N–H and O–H groups in total. The Morgan fingerprint density at radius 2 is 2.09 bits per heavy atom. The Kier molecular flexibility index (Phi) is 3.73. The maximum Gasteiger partial charge on any atom is 0.306 e. The van der Waals surface area contributed by atoms with Gasteiger partial charge in [0.05, 0.1) is 0 Å². The van der Waals surface area contributed by atoms with Gasteiger partial charge in [-0.3, -0.25) is 4.79 Å². The second-order valence-corrected chi connectivity index (χ2v) is 2.75. The van der Waals surface area contributed by atoms with E-state index in [9.17, 15) is 4.79 Å². The molecule has 1 aliphatic heterocycles. The Hall–Kier alpha value is -0.790. The van der Waals surface area contributed by atoms with Crippen LogP contribution in [0.3, 0.4) is 0 Å². The van der Waals surface area contributed by atoms with Crippen LogP contribution in [0.1, 0.15) is 32.1 Å². The monoisotopic (exact) mass is 154 g/mol. The maximum atomic E-state index is 10.8. The van der Waals surface area contributed by atoms with E-state index >= 15 is 0 Å². The molecule has 0 aromatic carbocycles. The Morgan fingerprint density at radius 3 is 3.00 bits per heavy atom. The van der Waals surface area contributed by atoms with Gasteiger partial charge < -0.3 is 4.74 Å². The predicted octanol–water partition coefficient (Wildman–Crippen LogP) is 2.05. The third kappa shape index (κ3) is 3.81. The summed E-state index contributed by atoms with van der Waals surface area (Å²) in [5.74, 6) is -0.0587. The van der Waals surface area contributed by atoms with E-state index in [1.54, 1.807) is 0 Å². The number of ether oxygens (including phenoxy) is 1. The van der Waals surface area contributed by atoms with Gasteiger partial charge in [0, 0.05) is 6.42 Å². The second-order valence-electron chi connectivity index (χ2n) is 2.75. The highest BCUT2D eigenvalue weighted by Crippen LogP contribution is 2.06. The Balaban J connectivity index is 2.29. The van der Waals surface area contributed by atoms with Crippen molar-refractivity contribution in [2.75, 3.05) is 6.61 Å². The summed E-state index contributed by atoms with van der Waals surface area (Å²) in [5.41, 5.74) is 0. The molecule has 11 heavy (non-hydrogen) atoms. The number of allylic oxidation sites excluding steroid dienone is 1. The van der Waals surface area contributed by atoms with E-state index in [-0.39, 0.29) is 5.97 Å². The van der Waals surface area contributed by atoms with Crippen molar-refractivity contribution in [3.63, 3.8) is 0 Å². The highest BCUT2D eigenvalue weighted by molar-refractivity contribution is 5.69.